The molecule has 4 rings (SSSR count). The van der Waals surface area contributed by atoms with E-state index < -0.39 is 24.7 Å². The first-order valence-electron chi connectivity index (χ1n) is 9.39. The second-order valence-corrected chi connectivity index (χ2v) is 6.96. The first kappa shape index (κ1) is 20.6. The molecule has 0 unspecified atom stereocenters. The highest BCUT2D eigenvalue weighted by Gasteiger charge is 2.26. The Morgan fingerprint density at radius 3 is 2.58 bits per heavy atom. The number of alkyl halides is 3. The molecule has 0 aromatic carbocycles. The molecule has 7 nitrogen and oxygen atoms in total. The van der Waals surface area contributed by atoms with Gasteiger partial charge >= 0.3 is 6.18 Å². The molecular weight excluding hydrogens is 411 g/mol. The lowest BCUT2D eigenvalue weighted by atomic mass is 10.1. The number of halogens is 3. The summed E-state index contributed by atoms with van der Waals surface area (Å²) < 4.78 is 45.3. The van der Waals surface area contributed by atoms with Gasteiger partial charge in [-0.05, 0) is 31.2 Å². The standard InChI is InChI=1S/C21H18F3N5O2/c1-13-3-4-15(20(26-13)31-2)16-12-25-29-9-6-17(27-19(16)29)14-5-8-28(18(30)11-14)10-7-21(22,23)24/h3-6,8-9,11-12H,7,10H2,1-2H3. The number of fused-ring (bicyclic) bond motifs is 1. The predicted molar refractivity (Wildman–Crippen MR) is 108 cm³/mol. The minimum atomic E-state index is -4.32. The van der Waals surface area contributed by atoms with E-state index in [1.165, 1.54) is 19.4 Å². The van der Waals surface area contributed by atoms with Crippen LogP contribution in [-0.2, 0) is 6.54 Å². The van der Waals surface area contributed by atoms with E-state index >= 15 is 0 Å². The molecule has 0 saturated heterocycles. The zero-order valence-electron chi connectivity index (χ0n) is 16.7. The van der Waals surface area contributed by atoms with Crippen molar-refractivity contribution in [2.75, 3.05) is 7.11 Å². The summed E-state index contributed by atoms with van der Waals surface area (Å²) in [4.78, 5) is 21.3. The summed E-state index contributed by atoms with van der Waals surface area (Å²) in [6.45, 7) is 1.43. The van der Waals surface area contributed by atoms with Gasteiger partial charge in [-0.15, -0.1) is 0 Å². The van der Waals surface area contributed by atoms with Gasteiger partial charge in [0.15, 0.2) is 5.65 Å². The average Bonchev–Trinajstić information content (AvgIpc) is 3.15. The molecular formula is C21H18F3N5O2. The maximum Gasteiger partial charge on any atom is 0.390 e. The van der Waals surface area contributed by atoms with Crippen molar-refractivity contribution >= 4 is 5.65 Å². The highest BCUT2D eigenvalue weighted by Crippen LogP contribution is 2.31. The number of aromatic nitrogens is 5. The van der Waals surface area contributed by atoms with Gasteiger partial charge in [-0.2, -0.15) is 18.3 Å². The average molecular weight is 429 g/mol. The molecule has 0 N–H and O–H groups in total. The van der Waals surface area contributed by atoms with Gasteiger partial charge in [-0.3, -0.25) is 4.79 Å². The summed E-state index contributed by atoms with van der Waals surface area (Å²) in [5.74, 6) is 0.439. The van der Waals surface area contributed by atoms with Crippen molar-refractivity contribution in [1.29, 1.82) is 0 Å². The van der Waals surface area contributed by atoms with E-state index in [2.05, 4.69) is 15.1 Å². The molecule has 4 aromatic heterocycles. The normalized spacial score (nSPS) is 11.8. The van der Waals surface area contributed by atoms with E-state index in [0.717, 1.165) is 15.8 Å². The van der Waals surface area contributed by atoms with Crippen molar-refractivity contribution in [1.82, 2.24) is 24.1 Å². The molecule has 0 atom stereocenters. The molecule has 0 bridgehead atoms. The third-order valence-corrected chi connectivity index (χ3v) is 4.78. The second-order valence-electron chi connectivity index (χ2n) is 6.96. The lowest BCUT2D eigenvalue weighted by molar-refractivity contribution is -0.136. The molecule has 0 spiro atoms. The lowest BCUT2D eigenvalue weighted by Crippen LogP contribution is -2.22. The van der Waals surface area contributed by atoms with Gasteiger partial charge in [0, 0.05) is 41.8 Å². The van der Waals surface area contributed by atoms with Crippen LogP contribution in [0.25, 0.3) is 28.0 Å². The fourth-order valence-corrected chi connectivity index (χ4v) is 3.21. The smallest absolute Gasteiger partial charge is 0.390 e. The molecule has 4 aromatic rings. The SMILES string of the molecule is COc1nc(C)ccc1-c1cnn2ccc(-c3ccn(CCC(F)(F)F)c(=O)c3)nc12. The number of aryl methyl sites for hydroxylation is 2. The van der Waals surface area contributed by atoms with Gasteiger partial charge in [-0.25, -0.2) is 14.5 Å². The van der Waals surface area contributed by atoms with Gasteiger partial charge in [0.05, 0.1) is 31.0 Å². The van der Waals surface area contributed by atoms with Crippen molar-refractivity contribution < 1.29 is 17.9 Å². The quantitative estimate of drug-likeness (QED) is 0.481. The maximum absolute atomic E-state index is 12.4. The van der Waals surface area contributed by atoms with Crippen LogP contribution in [0.2, 0.25) is 0 Å². The number of hydrogen-bond acceptors (Lipinski definition) is 5. The van der Waals surface area contributed by atoms with Crippen molar-refractivity contribution in [2.24, 2.45) is 0 Å². The molecule has 4 heterocycles. The third-order valence-electron chi connectivity index (χ3n) is 4.78. The Balaban J connectivity index is 1.73. The molecule has 0 amide bonds. The van der Waals surface area contributed by atoms with Crippen molar-refractivity contribution in [2.45, 2.75) is 26.1 Å². The van der Waals surface area contributed by atoms with Crippen LogP contribution in [0, 0.1) is 6.92 Å². The molecule has 31 heavy (non-hydrogen) atoms. The molecule has 10 heteroatoms. The van der Waals surface area contributed by atoms with Crippen LogP contribution in [0.5, 0.6) is 5.88 Å². The Kier molecular flexibility index (Phi) is 5.22. The monoisotopic (exact) mass is 429 g/mol. The van der Waals surface area contributed by atoms with Gasteiger partial charge < -0.3 is 9.30 Å². The van der Waals surface area contributed by atoms with Crippen LogP contribution in [0.4, 0.5) is 13.2 Å². The highest BCUT2D eigenvalue weighted by atomic mass is 19.4. The number of ether oxygens (including phenoxy) is 1. The first-order chi connectivity index (χ1) is 14.7. The van der Waals surface area contributed by atoms with Crippen LogP contribution in [0.3, 0.4) is 0 Å². The van der Waals surface area contributed by atoms with Crippen LogP contribution in [0.15, 0.2) is 53.7 Å². The summed E-state index contributed by atoms with van der Waals surface area (Å²) in [5, 5.41) is 4.31. The van der Waals surface area contributed by atoms with E-state index in [9.17, 15) is 18.0 Å². The minimum absolute atomic E-state index is 0.429. The van der Waals surface area contributed by atoms with Gasteiger partial charge in [0.2, 0.25) is 5.88 Å². The Hall–Kier alpha value is -3.69. The number of pyridine rings is 2. The van der Waals surface area contributed by atoms with Crippen LogP contribution >= 0.6 is 0 Å². The zero-order valence-corrected chi connectivity index (χ0v) is 16.7. The Labute approximate surface area is 174 Å². The summed E-state index contributed by atoms with van der Waals surface area (Å²) in [6, 6.07) is 8.25. The first-order valence-corrected chi connectivity index (χ1v) is 9.39. The molecule has 0 fully saturated rings. The number of methoxy groups -OCH3 is 1. The number of rotatable bonds is 5. The fourth-order valence-electron chi connectivity index (χ4n) is 3.21. The fraction of sp³-hybridized carbons (Fsp3) is 0.238. The van der Waals surface area contributed by atoms with Crippen molar-refractivity contribution in [3.05, 3.63) is 65.0 Å². The summed E-state index contributed by atoms with van der Waals surface area (Å²) in [7, 11) is 1.53. The number of nitrogens with zero attached hydrogens (tertiary/aromatic N) is 5. The molecule has 0 aliphatic carbocycles. The Morgan fingerprint density at radius 1 is 1.06 bits per heavy atom. The maximum atomic E-state index is 12.4. The van der Waals surface area contributed by atoms with E-state index in [0.29, 0.717) is 28.3 Å². The van der Waals surface area contributed by atoms with Crippen LogP contribution in [0.1, 0.15) is 12.1 Å². The van der Waals surface area contributed by atoms with Gasteiger partial charge in [0.25, 0.3) is 5.56 Å². The third kappa shape index (κ3) is 4.27. The summed E-state index contributed by atoms with van der Waals surface area (Å²) in [5.41, 5.74) is 3.21. The molecule has 160 valence electrons. The van der Waals surface area contributed by atoms with Gasteiger partial charge in [-0.1, -0.05) is 0 Å². The predicted octanol–water partition coefficient (Wildman–Crippen LogP) is 3.89. The van der Waals surface area contributed by atoms with Crippen LogP contribution in [-0.4, -0.2) is 37.4 Å². The van der Waals surface area contributed by atoms with Gasteiger partial charge in [0.1, 0.15) is 0 Å². The van der Waals surface area contributed by atoms with E-state index in [1.54, 1.807) is 29.0 Å². The summed E-state index contributed by atoms with van der Waals surface area (Å²) in [6.07, 6.45) is -0.697. The zero-order chi connectivity index (χ0) is 22.2. The van der Waals surface area contributed by atoms with E-state index in [-0.39, 0.29) is 0 Å². The topological polar surface area (TPSA) is 74.3 Å². The molecule has 0 aliphatic rings. The lowest BCUT2D eigenvalue weighted by Gasteiger charge is -2.10. The molecule has 0 aliphatic heterocycles. The summed E-state index contributed by atoms with van der Waals surface area (Å²) >= 11 is 0. The molecule has 0 saturated carbocycles. The highest BCUT2D eigenvalue weighted by molar-refractivity contribution is 5.81. The second kappa shape index (κ2) is 7.86. The van der Waals surface area contributed by atoms with Crippen molar-refractivity contribution in [3.8, 4) is 28.3 Å². The molecule has 0 radical (unpaired) electrons. The van der Waals surface area contributed by atoms with E-state index in [1.807, 2.05) is 19.1 Å². The Bertz CT molecular complexity index is 1310. The number of hydrogen-bond donors (Lipinski definition) is 0. The van der Waals surface area contributed by atoms with Crippen molar-refractivity contribution in [3.63, 3.8) is 0 Å². The largest absolute Gasteiger partial charge is 0.481 e. The van der Waals surface area contributed by atoms with Crippen LogP contribution < -0.4 is 10.3 Å². The van der Waals surface area contributed by atoms with E-state index in [4.69, 9.17) is 4.74 Å². The Morgan fingerprint density at radius 2 is 1.87 bits per heavy atom. The minimum Gasteiger partial charge on any atom is -0.481 e.